The highest BCUT2D eigenvalue weighted by atomic mass is 28.3. The van der Waals surface area contributed by atoms with E-state index in [-0.39, 0.29) is 18.1 Å². The minimum Gasteiger partial charge on any atom is -0.444 e. The first-order valence-corrected chi connectivity index (χ1v) is 18.6. The summed E-state index contributed by atoms with van der Waals surface area (Å²) >= 11 is 0. The number of rotatable bonds is 9. The zero-order valence-corrected chi connectivity index (χ0v) is 27.1. The van der Waals surface area contributed by atoms with Gasteiger partial charge in [-0.2, -0.15) is 0 Å². The second kappa shape index (κ2) is 12.6. The number of ether oxygens (including phenoxy) is 2. The third-order valence-electron chi connectivity index (χ3n) is 7.32. The lowest BCUT2D eigenvalue weighted by molar-refractivity contribution is -0.126. The van der Waals surface area contributed by atoms with Crippen LogP contribution >= 0.6 is 0 Å². The van der Waals surface area contributed by atoms with E-state index < -0.39 is 37.7 Å². The molecule has 0 spiro atoms. The summed E-state index contributed by atoms with van der Waals surface area (Å²) in [5, 5.41) is 7.28. The molecular formula is C31H40FN7O4Si. The maximum atomic E-state index is 15.1. The van der Waals surface area contributed by atoms with Crippen LogP contribution in [0.25, 0.3) is 33.9 Å². The van der Waals surface area contributed by atoms with Crippen LogP contribution in [-0.2, 0) is 21.0 Å². The lowest BCUT2D eigenvalue weighted by Crippen LogP contribution is -2.48. The summed E-state index contributed by atoms with van der Waals surface area (Å²) in [5.74, 6) is 0.0385. The smallest absolute Gasteiger partial charge is 0.408 e. The number of aromatic nitrogens is 6. The zero-order chi connectivity index (χ0) is 31.6. The Morgan fingerprint density at radius 3 is 2.66 bits per heavy atom. The van der Waals surface area contributed by atoms with Gasteiger partial charge in [0, 0.05) is 14.7 Å². The fraction of sp³-hybridized carbons (Fsp3) is 0.484. The van der Waals surface area contributed by atoms with Gasteiger partial charge in [0.15, 0.2) is 11.6 Å². The van der Waals surface area contributed by atoms with E-state index in [4.69, 9.17) is 14.5 Å². The Morgan fingerprint density at radius 2 is 1.93 bits per heavy atom. The van der Waals surface area contributed by atoms with Crippen LogP contribution in [0.3, 0.4) is 0 Å². The van der Waals surface area contributed by atoms with Crippen molar-refractivity contribution in [3.05, 3.63) is 48.7 Å². The fourth-order valence-electron chi connectivity index (χ4n) is 5.16. The van der Waals surface area contributed by atoms with Crippen LogP contribution < -0.4 is 5.32 Å². The van der Waals surface area contributed by atoms with Crippen LogP contribution in [0.15, 0.2) is 42.9 Å². The van der Waals surface area contributed by atoms with Crippen LogP contribution in [0.5, 0.6) is 0 Å². The van der Waals surface area contributed by atoms with Crippen LogP contribution in [0.2, 0.25) is 25.7 Å². The van der Waals surface area contributed by atoms with E-state index in [1.165, 1.54) is 6.07 Å². The minimum absolute atomic E-state index is 0.199. The van der Waals surface area contributed by atoms with Crippen molar-refractivity contribution in [2.24, 2.45) is 0 Å². The van der Waals surface area contributed by atoms with E-state index in [0.717, 1.165) is 6.04 Å². The Bertz CT molecular complexity index is 1660. The molecule has 0 radical (unpaired) electrons. The van der Waals surface area contributed by atoms with E-state index in [2.05, 4.69) is 40.0 Å². The van der Waals surface area contributed by atoms with Gasteiger partial charge in [0.05, 0.1) is 29.4 Å². The van der Waals surface area contributed by atoms with Crippen LogP contribution in [-0.4, -0.2) is 67.5 Å². The molecule has 1 aliphatic rings. The number of benzene rings is 1. The Balaban J connectivity index is 1.49. The molecule has 3 aromatic heterocycles. The molecule has 5 rings (SSSR count). The molecule has 0 saturated heterocycles. The van der Waals surface area contributed by atoms with Crippen molar-refractivity contribution in [3.8, 4) is 22.9 Å². The molecule has 11 nitrogen and oxygen atoms in total. The van der Waals surface area contributed by atoms with E-state index in [0.29, 0.717) is 54.2 Å². The van der Waals surface area contributed by atoms with Gasteiger partial charge >= 0.3 is 6.09 Å². The molecule has 1 saturated carbocycles. The number of hydrogen-bond donors (Lipinski definition) is 1. The van der Waals surface area contributed by atoms with Gasteiger partial charge in [-0.05, 0) is 64.3 Å². The van der Waals surface area contributed by atoms with Gasteiger partial charge in [-0.1, -0.05) is 31.8 Å². The topological polar surface area (TPSA) is 126 Å². The molecule has 0 unspecified atom stereocenters. The first-order valence-electron chi connectivity index (χ1n) is 14.9. The SMILES string of the molecule is CC(C)(C)OC(=O)N[C@H]1CCC[C@@H](n2c(-c3ccccc3F)nc3cnc(-c4ncn(COCC[Si](C)(C)C)n4)cc32)C1=O. The summed E-state index contributed by atoms with van der Waals surface area (Å²) in [6.07, 6.45) is 4.16. The molecule has 44 heavy (non-hydrogen) atoms. The van der Waals surface area contributed by atoms with Crippen LogP contribution in [0.1, 0.15) is 46.1 Å². The number of hydrogen-bond acceptors (Lipinski definition) is 8. The molecule has 1 aliphatic carbocycles. The van der Waals surface area contributed by atoms with Gasteiger partial charge in [-0.3, -0.25) is 9.78 Å². The molecule has 2 atom stereocenters. The number of nitrogens with one attached hydrogen (secondary N) is 1. The van der Waals surface area contributed by atoms with Crippen molar-refractivity contribution >= 4 is 31.0 Å². The average Bonchev–Trinajstić information content (AvgIpc) is 3.56. The number of halogens is 1. The van der Waals surface area contributed by atoms with Gasteiger partial charge in [-0.15, -0.1) is 5.10 Å². The number of imidazole rings is 1. The molecule has 1 fully saturated rings. The lowest BCUT2D eigenvalue weighted by atomic mass is 9.89. The third-order valence-corrected chi connectivity index (χ3v) is 9.03. The van der Waals surface area contributed by atoms with Crippen LogP contribution in [0.4, 0.5) is 9.18 Å². The Kier molecular flexibility index (Phi) is 8.98. The van der Waals surface area contributed by atoms with E-state index in [1.807, 2.05) is 0 Å². The molecule has 1 amide bonds. The average molecular weight is 622 g/mol. The molecule has 13 heteroatoms. The Morgan fingerprint density at radius 1 is 1.16 bits per heavy atom. The standard InChI is InChI=1S/C31H40FN7O4Si/c1-31(2,3)43-30(41)36-22-12-9-13-25(27(22)40)39-26-16-23(28-34-18-38(37-28)19-42-14-15-44(4,5)6)33-17-24(26)35-29(39)20-10-7-8-11-21(20)32/h7-8,10-11,16-18,22,25H,9,12-15,19H2,1-6H3,(H,36,41)/t22-,25+/m0/s1. The number of Topliss-reactive ketones (excluding diaryl/α,β-unsaturated/α-hetero) is 1. The predicted molar refractivity (Wildman–Crippen MR) is 167 cm³/mol. The van der Waals surface area contributed by atoms with E-state index in [9.17, 15) is 9.59 Å². The maximum Gasteiger partial charge on any atom is 0.408 e. The van der Waals surface area contributed by atoms with Gasteiger partial charge in [0.2, 0.25) is 0 Å². The Labute approximate surface area is 257 Å². The fourth-order valence-corrected chi connectivity index (χ4v) is 5.92. The summed E-state index contributed by atoms with van der Waals surface area (Å²) in [5.41, 5.74) is 1.12. The van der Waals surface area contributed by atoms with Crippen molar-refractivity contribution in [1.82, 2.24) is 34.6 Å². The Hall–Kier alpha value is -3.97. The quantitative estimate of drug-likeness (QED) is 0.178. The number of ketones is 1. The first-order chi connectivity index (χ1) is 20.8. The summed E-state index contributed by atoms with van der Waals surface area (Å²) < 4.78 is 29.7. The van der Waals surface area contributed by atoms with Crippen molar-refractivity contribution in [1.29, 1.82) is 0 Å². The predicted octanol–water partition coefficient (Wildman–Crippen LogP) is 6.00. The summed E-state index contributed by atoms with van der Waals surface area (Å²) in [6, 6.07) is 7.69. The highest BCUT2D eigenvalue weighted by Crippen LogP contribution is 2.36. The van der Waals surface area contributed by atoms with Gasteiger partial charge in [0.25, 0.3) is 0 Å². The normalized spacial score (nSPS) is 17.7. The van der Waals surface area contributed by atoms with Gasteiger partial charge < -0.3 is 19.4 Å². The van der Waals surface area contributed by atoms with E-state index >= 15 is 4.39 Å². The second-order valence-electron chi connectivity index (χ2n) is 13.3. The molecule has 3 heterocycles. The van der Waals surface area contributed by atoms with Gasteiger partial charge in [0.1, 0.15) is 41.5 Å². The number of pyridine rings is 1. The molecule has 1 N–H and O–H groups in total. The summed E-state index contributed by atoms with van der Waals surface area (Å²) in [6.45, 7) is 13.1. The molecular weight excluding hydrogens is 581 g/mol. The number of nitrogens with zero attached hydrogens (tertiary/aromatic N) is 6. The highest BCUT2D eigenvalue weighted by molar-refractivity contribution is 6.76. The minimum atomic E-state index is -1.21. The van der Waals surface area contributed by atoms with E-state index in [1.54, 1.807) is 66.8 Å². The number of amides is 1. The molecule has 1 aromatic carbocycles. The largest absolute Gasteiger partial charge is 0.444 e. The third kappa shape index (κ3) is 7.38. The summed E-state index contributed by atoms with van der Waals surface area (Å²) in [7, 11) is -1.21. The first kappa shape index (κ1) is 31.5. The number of alkyl carbamates (subject to hydrolysis) is 1. The van der Waals surface area contributed by atoms with Crippen molar-refractivity contribution in [3.63, 3.8) is 0 Å². The maximum absolute atomic E-state index is 15.1. The highest BCUT2D eigenvalue weighted by Gasteiger charge is 2.37. The van der Waals surface area contributed by atoms with Crippen molar-refractivity contribution < 1.29 is 23.5 Å². The second-order valence-corrected chi connectivity index (χ2v) is 19.0. The molecule has 4 aromatic rings. The van der Waals surface area contributed by atoms with Crippen LogP contribution in [0, 0.1) is 5.82 Å². The summed E-state index contributed by atoms with van der Waals surface area (Å²) in [4.78, 5) is 40.2. The van der Waals surface area contributed by atoms with Gasteiger partial charge in [-0.25, -0.2) is 23.8 Å². The molecule has 0 bridgehead atoms. The number of carbonyl (C=O) groups excluding carboxylic acids is 2. The van der Waals surface area contributed by atoms with Crippen molar-refractivity contribution in [2.75, 3.05) is 6.61 Å². The number of carbonyl (C=O) groups is 2. The van der Waals surface area contributed by atoms with Crippen molar-refractivity contribution in [2.45, 2.75) is 90.1 Å². The number of fused-ring (bicyclic) bond motifs is 1. The lowest BCUT2D eigenvalue weighted by Gasteiger charge is -2.31. The zero-order valence-electron chi connectivity index (χ0n) is 26.1. The monoisotopic (exact) mass is 621 g/mol. The molecule has 234 valence electrons. The molecule has 0 aliphatic heterocycles.